The van der Waals surface area contributed by atoms with Crippen LogP contribution in [0.3, 0.4) is 0 Å². The highest BCUT2D eigenvalue weighted by Gasteiger charge is 2.17. The van der Waals surface area contributed by atoms with E-state index in [9.17, 15) is 19.3 Å². The molecule has 3 N–H and O–H groups in total. The van der Waals surface area contributed by atoms with Crippen LogP contribution in [-0.2, 0) is 4.74 Å². The minimum absolute atomic E-state index is 0.0194. The molecule has 0 radical (unpaired) electrons. The zero-order valence-corrected chi connectivity index (χ0v) is 11.1. The number of carbonyl (C=O) groups is 1. The lowest BCUT2D eigenvalue weighted by Crippen LogP contribution is -2.18. The highest BCUT2D eigenvalue weighted by molar-refractivity contribution is 14.1. The van der Waals surface area contributed by atoms with Crippen LogP contribution in [0.25, 0.3) is 0 Å². The fourth-order valence-electron chi connectivity index (χ4n) is 1.17. The molecule has 1 aromatic carbocycles. The lowest BCUT2D eigenvalue weighted by atomic mass is 10.2. The molecule has 1 amide bonds. The Kier molecular flexibility index (Phi) is 5.07. The summed E-state index contributed by atoms with van der Waals surface area (Å²) in [4.78, 5) is 20.4. The quantitative estimate of drug-likeness (QED) is 0.357. The molecule has 0 aliphatic rings. The molecular formula is C9H9FIN3O4. The molecule has 0 saturated carbocycles. The SMILES string of the molecule is NC(=O)OCCNc1cc(F)c(I)cc1[N+](=O)[O-]. The van der Waals surface area contributed by atoms with E-state index in [1.807, 2.05) is 0 Å². The van der Waals surface area contributed by atoms with Crippen LogP contribution in [0.2, 0.25) is 0 Å². The number of halogens is 2. The molecular weight excluding hydrogens is 360 g/mol. The molecule has 1 aromatic rings. The van der Waals surface area contributed by atoms with Gasteiger partial charge in [-0.25, -0.2) is 9.18 Å². The molecule has 0 fully saturated rings. The van der Waals surface area contributed by atoms with Crippen molar-refractivity contribution in [3.63, 3.8) is 0 Å². The Morgan fingerprint density at radius 1 is 1.61 bits per heavy atom. The van der Waals surface area contributed by atoms with E-state index in [4.69, 9.17) is 5.73 Å². The van der Waals surface area contributed by atoms with Gasteiger partial charge in [-0.15, -0.1) is 0 Å². The second-order valence-electron chi connectivity index (χ2n) is 3.13. The van der Waals surface area contributed by atoms with Gasteiger partial charge in [0.2, 0.25) is 0 Å². The number of nitrogens with zero attached hydrogens (tertiary/aromatic N) is 1. The maximum Gasteiger partial charge on any atom is 0.404 e. The second-order valence-corrected chi connectivity index (χ2v) is 4.30. The van der Waals surface area contributed by atoms with Crippen molar-refractivity contribution in [3.8, 4) is 0 Å². The summed E-state index contributed by atoms with van der Waals surface area (Å²) in [5, 5.41) is 13.4. The van der Waals surface area contributed by atoms with Crippen molar-refractivity contribution in [1.82, 2.24) is 0 Å². The molecule has 0 spiro atoms. The summed E-state index contributed by atoms with van der Waals surface area (Å²) in [6.07, 6.45) is -0.944. The molecule has 0 aromatic heterocycles. The topological polar surface area (TPSA) is 107 Å². The maximum atomic E-state index is 13.3. The summed E-state index contributed by atoms with van der Waals surface area (Å²) in [6.45, 7) is 0.0178. The molecule has 0 bridgehead atoms. The Balaban J connectivity index is 2.77. The van der Waals surface area contributed by atoms with E-state index in [2.05, 4.69) is 10.1 Å². The first-order valence-electron chi connectivity index (χ1n) is 4.71. The van der Waals surface area contributed by atoms with Crippen LogP contribution < -0.4 is 11.1 Å². The van der Waals surface area contributed by atoms with Gasteiger partial charge in [0.15, 0.2) is 0 Å². The van der Waals surface area contributed by atoms with Crippen LogP contribution in [0, 0.1) is 19.5 Å². The van der Waals surface area contributed by atoms with Crippen molar-refractivity contribution in [1.29, 1.82) is 0 Å². The fourth-order valence-corrected chi connectivity index (χ4v) is 1.62. The number of anilines is 1. The fraction of sp³-hybridized carbons (Fsp3) is 0.222. The molecule has 7 nitrogen and oxygen atoms in total. The first kappa shape index (κ1) is 14.4. The van der Waals surface area contributed by atoms with Gasteiger partial charge in [-0.05, 0) is 22.6 Å². The smallest absolute Gasteiger partial charge is 0.404 e. The predicted molar refractivity (Wildman–Crippen MR) is 69.8 cm³/mol. The normalized spacial score (nSPS) is 9.89. The third-order valence-electron chi connectivity index (χ3n) is 1.90. The highest BCUT2D eigenvalue weighted by Crippen LogP contribution is 2.28. The van der Waals surface area contributed by atoms with E-state index in [0.717, 1.165) is 12.1 Å². The summed E-state index contributed by atoms with van der Waals surface area (Å²) in [5.74, 6) is -0.570. The molecule has 0 heterocycles. The third kappa shape index (κ3) is 3.98. The van der Waals surface area contributed by atoms with E-state index in [0.29, 0.717) is 0 Å². The number of hydrogen-bond acceptors (Lipinski definition) is 5. The molecule has 0 unspecified atom stereocenters. The molecule has 18 heavy (non-hydrogen) atoms. The van der Waals surface area contributed by atoms with Crippen molar-refractivity contribution in [2.45, 2.75) is 0 Å². The predicted octanol–water partition coefficient (Wildman–Crippen LogP) is 1.85. The van der Waals surface area contributed by atoms with Gasteiger partial charge in [-0.2, -0.15) is 0 Å². The Hall–Kier alpha value is -1.65. The van der Waals surface area contributed by atoms with E-state index in [-0.39, 0.29) is 28.1 Å². The Morgan fingerprint density at radius 3 is 2.83 bits per heavy atom. The number of nitro benzene ring substituents is 1. The van der Waals surface area contributed by atoms with Gasteiger partial charge in [-0.3, -0.25) is 10.1 Å². The Labute approximate surface area is 115 Å². The van der Waals surface area contributed by atoms with Gasteiger partial charge in [0.05, 0.1) is 8.49 Å². The number of nitrogens with two attached hydrogens (primary N) is 1. The van der Waals surface area contributed by atoms with Gasteiger partial charge in [0.1, 0.15) is 18.1 Å². The minimum Gasteiger partial charge on any atom is -0.448 e. The van der Waals surface area contributed by atoms with Gasteiger partial charge < -0.3 is 15.8 Å². The zero-order chi connectivity index (χ0) is 13.7. The lowest BCUT2D eigenvalue weighted by molar-refractivity contribution is -0.384. The Bertz CT molecular complexity index is 483. The second kappa shape index (κ2) is 6.33. The number of hydrogen-bond donors (Lipinski definition) is 2. The molecule has 0 saturated heterocycles. The third-order valence-corrected chi connectivity index (χ3v) is 2.72. The van der Waals surface area contributed by atoms with Crippen molar-refractivity contribution < 1.29 is 18.8 Å². The van der Waals surface area contributed by atoms with Gasteiger partial charge in [0.25, 0.3) is 5.69 Å². The first-order valence-corrected chi connectivity index (χ1v) is 5.79. The van der Waals surface area contributed by atoms with Crippen molar-refractivity contribution in [2.75, 3.05) is 18.5 Å². The van der Waals surface area contributed by atoms with E-state index < -0.39 is 16.8 Å². The average molecular weight is 369 g/mol. The summed E-state index contributed by atoms with van der Waals surface area (Å²) in [5.41, 5.74) is 4.51. The number of rotatable bonds is 5. The van der Waals surface area contributed by atoms with E-state index in [1.54, 1.807) is 22.6 Å². The van der Waals surface area contributed by atoms with Crippen LogP contribution in [-0.4, -0.2) is 24.2 Å². The van der Waals surface area contributed by atoms with Crippen molar-refractivity contribution in [3.05, 3.63) is 31.6 Å². The number of benzene rings is 1. The number of nitrogens with one attached hydrogen (secondary N) is 1. The molecule has 98 valence electrons. The largest absolute Gasteiger partial charge is 0.448 e. The monoisotopic (exact) mass is 369 g/mol. The first-order chi connectivity index (χ1) is 8.41. The van der Waals surface area contributed by atoms with Gasteiger partial charge >= 0.3 is 6.09 Å². The number of ether oxygens (including phenoxy) is 1. The van der Waals surface area contributed by atoms with Crippen molar-refractivity contribution >= 4 is 40.1 Å². The molecule has 0 aliphatic heterocycles. The van der Waals surface area contributed by atoms with E-state index in [1.165, 1.54) is 0 Å². The average Bonchev–Trinajstić information content (AvgIpc) is 2.28. The number of amides is 1. The minimum atomic E-state index is -0.944. The van der Waals surface area contributed by atoms with Crippen LogP contribution in [0.1, 0.15) is 0 Å². The highest BCUT2D eigenvalue weighted by atomic mass is 127. The maximum absolute atomic E-state index is 13.3. The molecule has 0 aliphatic carbocycles. The summed E-state index contributed by atoms with van der Waals surface area (Å²) in [7, 11) is 0. The van der Waals surface area contributed by atoms with Crippen LogP contribution in [0.4, 0.5) is 20.6 Å². The number of carbonyl (C=O) groups excluding carboxylic acids is 1. The number of primary amides is 1. The summed E-state index contributed by atoms with van der Waals surface area (Å²) >= 11 is 1.66. The van der Waals surface area contributed by atoms with Gasteiger partial charge in [-0.1, -0.05) is 0 Å². The summed E-state index contributed by atoms with van der Waals surface area (Å²) in [6, 6.07) is 2.14. The molecule has 0 atom stereocenters. The van der Waals surface area contributed by atoms with Crippen LogP contribution in [0.15, 0.2) is 12.1 Å². The van der Waals surface area contributed by atoms with Crippen LogP contribution >= 0.6 is 22.6 Å². The summed E-state index contributed by atoms with van der Waals surface area (Å²) < 4.78 is 17.9. The van der Waals surface area contributed by atoms with Gasteiger partial charge in [0, 0.05) is 18.7 Å². The van der Waals surface area contributed by atoms with Crippen LogP contribution in [0.5, 0.6) is 0 Å². The lowest BCUT2D eigenvalue weighted by Gasteiger charge is -2.07. The molecule has 9 heteroatoms. The Morgan fingerprint density at radius 2 is 2.28 bits per heavy atom. The van der Waals surface area contributed by atoms with E-state index >= 15 is 0 Å². The number of nitro groups is 1. The zero-order valence-electron chi connectivity index (χ0n) is 8.98. The molecule has 1 rings (SSSR count). The standard InChI is InChI=1S/C9H9FIN3O4/c10-5-3-7(13-1-2-18-9(12)15)8(14(16)17)4-6(5)11/h3-4,13H,1-2H2,(H2,12,15). The van der Waals surface area contributed by atoms with Crippen molar-refractivity contribution in [2.24, 2.45) is 5.73 Å².